The molecule has 0 aliphatic rings. The molecule has 0 aliphatic carbocycles. The van der Waals surface area contributed by atoms with Gasteiger partial charge in [-0.3, -0.25) is 0 Å². The standard InChI is InChI=1S/C11H16FNO2/c1-8(7-14)13-6-9-4-3-5-10(15-2)11(9)12/h3-5,8,13-14H,6-7H2,1-2H3. The lowest BCUT2D eigenvalue weighted by Gasteiger charge is -2.12. The van der Waals surface area contributed by atoms with Crippen LogP contribution in [0.5, 0.6) is 5.75 Å². The Bertz CT molecular complexity index is 317. The van der Waals surface area contributed by atoms with Gasteiger partial charge in [0.2, 0.25) is 0 Å². The third-order valence-electron chi connectivity index (χ3n) is 2.18. The van der Waals surface area contributed by atoms with Crippen LogP contribution in [0.15, 0.2) is 18.2 Å². The molecule has 15 heavy (non-hydrogen) atoms. The molecule has 1 atom stereocenters. The summed E-state index contributed by atoms with van der Waals surface area (Å²) in [4.78, 5) is 0. The van der Waals surface area contributed by atoms with Crippen LogP contribution in [0.1, 0.15) is 12.5 Å². The quantitative estimate of drug-likeness (QED) is 0.774. The maximum Gasteiger partial charge on any atom is 0.169 e. The SMILES string of the molecule is COc1cccc(CNC(C)CO)c1F. The Morgan fingerprint density at radius 1 is 1.53 bits per heavy atom. The van der Waals surface area contributed by atoms with E-state index in [9.17, 15) is 4.39 Å². The number of nitrogens with one attached hydrogen (secondary N) is 1. The van der Waals surface area contributed by atoms with Crippen LogP contribution in [0.3, 0.4) is 0 Å². The van der Waals surface area contributed by atoms with E-state index in [1.165, 1.54) is 7.11 Å². The predicted molar refractivity (Wildman–Crippen MR) is 56.3 cm³/mol. The molecule has 2 N–H and O–H groups in total. The first-order valence-electron chi connectivity index (χ1n) is 4.84. The molecule has 0 saturated heterocycles. The minimum Gasteiger partial charge on any atom is -0.494 e. The first kappa shape index (κ1) is 11.9. The van der Waals surface area contributed by atoms with Crippen LogP contribution in [0.4, 0.5) is 4.39 Å². The molecule has 0 bridgehead atoms. The zero-order valence-corrected chi connectivity index (χ0v) is 8.96. The molecule has 1 aromatic carbocycles. The summed E-state index contributed by atoms with van der Waals surface area (Å²) in [6.45, 7) is 2.24. The van der Waals surface area contributed by atoms with Gasteiger partial charge in [-0.15, -0.1) is 0 Å². The van der Waals surface area contributed by atoms with E-state index >= 15 is 0 Å². The summed E-state index contributed by atoms with van der Waals surface area (Å²) in [5.74, 6) is -0.108. The van der Waals surface area contributed by atoms with Crippen molar-refractivity contribution in [2.75, 3.05) is 13.7 Å². The van der Waals surface area contributed by atoms with Gasteiger partial charge in [0.1, 0.15) is 0 Å². The van der Waals surface area contributed by atoms with Gasteiger partial charge in [-0.25, -0.2) is 4.39 Å². The molecule has 1 rings (SSSR count). The fourth-order valence-corrected chi connectivity index (χ4v) is 1.20. The van der Waals surface area contributed by atoms with Crippen LogP contribution >= 0.6 is 0 Å². The molecule has 84 valence electrons. The van der Waals surface area contributed by atoms with Gasteiger partial charge in [0.05, 0.1) is 13.7 Å². The van der Waals surface area contributed by atoms with E-state index in [1.807, 2.05) is 6.92 Å². The van der Waals surface area contributed by atoms with E-state index in [0.29, 0.717) is 12.1 Å². The third-order valence-corrected chi connectivity index (χ3v) is 2.18. The number of methoxy groups -OCH3 is 1. The van der Waals surface area contributed by atoms with Crippen molar-refractivity contribution in [1.82, 2.24) is 5.32 Å². The number of hydrogen-bond donors (Lipinski definition) is 2. The van der Waals surface area contributed by atoms with Crippen molar-refractivity contribution in [2.45, 2.75) is 19.5 Å². The van der Waals surface area contributed by atoms with Crippen molar-refractivity contribution in [3.05, 3.63) is 29.6 Å². The van der Waals surface area contributed by atoms with Crippen LogP contribution in [-0.4, -0.2) is 24.9 Å². The van der Waals surface area contributed by atoms with Gasteiger partial charge in [0, 0.05) is 18.2 Å². The zero-order valence-electron chi connectivity index (χ0n) is 8.96. The van der Waals surface area contributed by atoms with E-state index in [4.69, 9.17) is 9.84 Å². The number of ether oxygens (including phenoxy) is 1. The van der Waals surface area contributed by atoms with E-state index in [2.05, 4.69) is 5.32 Å². The van der Waals surface area contributed by atoms with E-state index < -0.39 is 0 Å². The zero-order chi connectivity index (χ0) is 11.3. The van der Waals surface area contributed by atoms with Gasteiger partial charge in [-0.2, -0.15) is 0 Å². The molecule has 0 aliphatic heterocycles. The van der Waals surface area contributed by atoms with Gasteiger partial charge in [-0.1, -0.05) is 12.1 Å². The highest BCUT2D eigenvalue weighted by atomic mass is 19.1. The Kier molecular flexibility index (Phi) is 4.52. The summed E-state index contributed by atoms with van der Waals surface area (Å²) in [5, 5.41) is 11.8. The monoisotopic (exact) mass is 213 g/mol. The summed E-state index contributed by atoms with van der Waals surface area (Å²) in [6.07, 6.45) is 0. The molecule has 3 nitrogen and oxygen atoms in total. The fraction of sp³-hybridized carbons (Fsp3) is 0.455. The average Bonchev–Trinajstić information content (AvgIpc) is 2.27. The van der Waals surface area contributed by atoms with Crippen LogP contribution in [0.25, 0.3) is 0 Å². The predicted octanol–water partition coefficient (Wildman–Crippen LogP) is 1.30. The lowest BCUT2D eigenvalue weighted by Crippen LogP contribution is -2.29. The molecule has 1 aromatic rings. The molecule has 4 heteroatoms. The normalized spacial score (nSPS) is 12.5. The second-order valence-corrected chi connectivity index (χ2v) is 3.40. The smallest absolute Gasteiger partial charge is 0.169 e. The summed E-state index contributed by atoms with van der Waals surface area (Å²) >= 11 is 0. The number of aliphatic hydroxyl groups is 1. The number of hydrogen-bond acceptors (Lipinski definition) is 3. The Morgan fingerprint density at radius 2 is 2.27 bits per heavy atom. The molecule has 0 fully saturated rings. The number of rotatable bonds is 5. The molecule has 0 heterocycles. The van der Waals surface area contributed by atoms with Crippen molar-refractivity contribution >= 4 is 0 Å². The van der Waals surface area contributed by atoms with Crippen LogP contribution < -0.4 is 10.1 Å². The second kappa shape index (κ2) is 5.68. The number of halogens is 1. The van der Waals surface area contributed by atoms with Gasteiger partial charge < -0.3 is 15.2 Å². The van der Waals surface area contributed by atoms with Crippen molar-refractivity contribution < 1.29 is 14.2 Å². The van der Waals surface area contributed by atoms with Gasteiger partial charge in [0.25, 0.3) is 0 Å². The minimum atomic E-state index is -0.349. The largest absolute Gasteiger partial charge is 0.494 e. The van der Waals surface area contributed by atoms with Gasteiger partial charge in [-0.05, 0) is 13.0 Å². The molecular formula is C11H16FNO2. The van der Waals surface area contributed by atoms with Crippen molar-refractivity contribution in [1.29, 1.82) is 0 Å². The molecule has 0 amide bonds. The average molecular weight is 213 g/mol. The molecule has 1 unspecified atom stereocenters. The first-order chi connectivity index (χ1) is 7.19. The summed E-state index contributed by atoms with van der Waals surface area (Å²) in [6, 6.07) is 4.96. The molecule has 0 spiro atoms. The lowest BCUT2D eigenvalue weighted by atomic mass is 10.2. The Balaban J connectivity index is 2.68. The number of aliphatic hydroxyl groups excluding tert-OH is 1. The highest BCUT2D eigenvalue weighted by Crippen LogP contribution is 2.19. The summed E-state index contributed by atoms with van der Waals surface area (Å²) in [7, 11) is 1.44. The topological polar surface area (TPSA) is 41.5 Å². The maximum atomic E-state index is 13.6. The van der Waals surface area contributed by atoms with Gasteiger partial charge in [0.15, 0.2) is 11.6 Å². The second-order valence-electron chi connectivity index (χ2n) is 3.40. The highest BCUT2D eigenvalue weighted by molar-refractivity contribution is 5.30. The molecule has 0 aromatic heterocycles. The highest BCUT2D eigenvalue weighted by Gasteiger charge is 2.08. The van der Waals surface area contributed by atoms with E-state index in [-0.39, 0.29) is 24.2 Å². The Morgan fingerprint density at radius 3 is 2.87 bits per heavy atom. The Labute approximate surface area is 88.9 Å². The van der Waals surface area contributed by atoms with Crippen LogP contribution in [-0.2, 0) is 6.54 Å². The van der Waals surface area contributed by atoms with Crippen molar-refractivity contribution in [2.24, 2.45) is 0 Å². The fourth-order valence-electron chi connectivity index (χ4n) is 1.20. The minimum absolute atomic E-state index is 0.0333. The lowest BCUT2D eigenvalue weighted by molar-refractivity contribution is 0.250. The maximum absolute atomic E-state index is 13.6. The van der Waals surface area contributed by atoms with Crippen molar-refractivity contribution in [3.8, 4) is 5.75 Å². The number of benzene rings is 1. The summed E-state index contributed by atoms with van der Waals surface area (Å²) < 4.78 is 18.5. The molecule has 0 saturated carbocycles. The van der Waals surface area contributed by atoms with Crippen LogP contribution in [0, 0.1) is 5.82 Å². The first-order valence-corrected chi connectivity index (χ1v) is 4.84. The summed E-state index contributed by atoms with van der Waals surface area (Å²) in [5.41, 5.74) is 0.537. The van der Waals surface area contributed by atoms with Crippen molar-refractivity contribution in [3.63, 3.8) is 0 Å². The van der Waals surface area contributed by atoms with E-state index in [0.717, 1.165) is 0 Å². The Hall–Kier alpha value is -1.13. The molecule has 0 radical (unpaired) electrons. The van der Waals surface area contributed by atoms with E-state index in [1.54, 1.807) is 18.2 Å². The third kappa shape index (κ3) is 3.18. The van der Waals surface area contributed by atoms with Crippen LogP contribution in [0.2, 0.25) is 0 Å². The van der Waals surface area contributed by atoms with Gasteiger partial charge >= 0.3 is 0 Å². The molecular weight excluding hydrogens is 197 g/mol.